The second-order valence-corrected chi connectivity index (χ2v) is 7.59. The number of anilines is 2. The number of benzene rings is 2. The van der Waals surface area contributed by atoms with E-state index in [0.29, 0.717) is 36.3 Å². The van der Waals surface area contributed by atoms with Gasteiger partial charge in [0.15, 0.2) is 0 Å². The van der Waals surface area contributed by atoms with Crippen molar-refractivity contribution in [2.24, 2.45) is 5.73 Å². The van der Waals surface area contributed by atoms with Gasteiger partial charge in [0.25, 0.3) is 5.91 Å². The van der Waals surface area contributed by atoms with Crippen molar-refractivity contribution < 1.29 is 27.2 Å². The Hall–Kier alpha value is -4.15. The van der Waals surface area contributed by atoms with E-state index in [1.165, 1.54) is 4.68 Å². The number of para-hydroxylation sites is 1. The van der Waals surface area contributed by atoms with E-state index in [2.05, 4.69) is 22.3 Å². The summed E-state index contributed by atoms with van der Waals surface area (Å²) >= 11 is 0. The maximum atomic E-state index is 13.8. The van der Waals surface area contributed by atoms with Crippen molar-refractivity contribution in [3.8, 4) is 11.3 Å². The van der Waals surface area contributed by atoms with E-state index >= 15 is 0 Å². The minimum Gasteiger partial charge on any atom is -0.369 e. The highest BCUT2D eigenvalue weighted by atomic mass is 19.4. The maximum Gasteiger partial charge on any atom is 0.419 e. The van der Waals surface area contributed by atoms with Crippen molar-refractivity contribution in [3.05, 3.63) is 77.6 Å². The molecule has 1 unspecified atom stereocenters. The highest BCUT2D eigenvalue weighted by Crippen LogP contribution is 2.40. The Morgan fingerprint density at radius 1 is 1.24 bits per heavy atom. The second kappa shape index (κ2) is 8.65. The third-order valence-electron chi connectivity index (χ3n) is 5.47. The molecule has 0 spiro atoms. The Labute approximate surface area is 191 Å². The van der Waals surface area contributed by atoms with Crippen LogP contribution in [0.5, 0.6) is 0 Å². The van der Waals surface area contributed by atoms with Crippen molar-refractivity contribution in [2.45, 2.75) is 18.6 Å². The molecule has 176 valence electrons. The number of aromatic nitrogens is 2. The van der Waals surface area contributed by atoms with Gasteiger partial charge in [-0.2, -0.15) is 18.3 Å². The number of halogens is 4. The van der Waals surface area contributed by atoms with Gasteiger partial charge in [0.05, 0.1) is 11.6 Å². The van der Waals surface area contributed by atoms with Crippen LogP contribution in [0.4, 0.5) is 29.1 Å². The number of nitrogens with zero attached hydrogens (tertiary/aromatic N) is 2. The molecule has 34 heavy (non-hydrogen) atoms. The van der Waals surface area contributed by atoms with Gasteiger partial charge in [0.2, 0.25) is 5.91 Å². The van der Waals surface area contributed by atoms with Gasteiger partial charge in [0, 0.05) is 23.4 Å². The molecule has 0 saturated heterocycles. The van der Waals surface area contributed by atoms with Crippen LogP contribution in [0.15, 0.2) is 55.1 Å². The lowest BCUT2D eigenvalue weighted by Crippen LogP contribution is -2.27. The van der Waals surface area contributed by atoms with Crippen LogP contribution in [-0.4, -0.2) is 28.1 Å². The van der Waals surface area contributed by atoms with E-state index in [-0.39, 0.29) is 22.6 Å². The normalized spacial score (nSPS) is 15.2. The molecule has 2 amide bonds. The van der Waals surface area contributed by atoms with Crippen LogP contribution in [0.3, 0.4) is 0 Å². The molecule has 11 heteroatoms. The van der Waals surface area contributed by atoms with Crippen LogP contribution < -0.4 is 16.4 Å². The van der Waals surface area contributed by atoms with E-state index in [0.717, 1.165) is 12.1 Å². The first kappa shape index (κ1) is 23.0. The fourth-order valence-electron chi connectivity index (χ4n) is 3.98. The number of primary amides is 1. The monoisotopic (exact) mass is 473 g/mol. The van der Waals surface area contributed by atoms with E-state index in [4.69, 9.17) is 5.73 Å². The zero-order chi connectivity index (χ0) is 24.6. The molecule has 4 N–H and O–H groups in total. The fraction of sp³-hybridized carbons (Fsp3) is 0.174. The largest absolute Gasteiger partial charge is 0.419 e. The van der Waals surface area contributed by atoms with Gasteiger partial charge in [-0.25, -0.2) is 9.07 Å². The van der Waals surface area contributed by atoms with Gasteiger partial charge in [-0.05, 0) is 36.8 Å². The van der Waals surface area contributed by atoms with Crippen molar-refractivity contribution in [1.29, 1.82) is 0 Å². The summed E-state index contributed by atoms with van der Waals surface area (Å²) in [7, 11) is 0. The number of alkyl halides is 3. The van der Waals surface area contributed by atoms with Crippen LogP contribution >= 0.6 is 0 Å². The molecule has 0 radical (unpaired) electrons. The molecule has 1 aromatic heterocycles. The standard InChI is InChI=1S/C23H19F4N5O2/c1-2-18(33)30-16-6-4-3-5-13(16)17-9-10-29-22-19(21(28)34)20(31-32(17)22)12-7-8-15(24)14(11-12)23(25,26)27/h2-8,11,17,29H,1,9-10H2,(H2,28,34)(H,30,33). The summed E-state index contributed by atoms with van der Waals surface area (Å²) in [5.41, 5.74) is 4.92. The molecule has 2 aromatic carbocycles. The maximum absolute atomic E-state index is 13.8. The summed E-state index contributed by atoms with van der Waals surface area (Å²) in [5, 5.41) is 10.2. The van der Waals surface area contributed by atoms with Gasteiger partial charge < -0.3 is 16.4 Å². The van der Waals surface area contributed by atoms with Gasteiger partial charge >= 0.3 is 6.18 Å². The third kappa shape index (κ3) is 4.12. The lowest BCUT2D eigenvalue weighted by atomic mass is 9.99. The zero-order valence-electron chi connectivity index (χ0n) is 17.6. The second-order valence-electron chi connectivity index (χ2n) is 7.59. The van der Waals surface area contributed by atoms with Gasteiger partial charge in [-0.15, -0.1) is 0 Å². The average molecular weight is 473 g/mol. The number of carbonyl (C=O) groups is 2. The molecular formula is C23H19F4N5O2. The lowest BCUT2D eigenvalue weighted by Gasteiger charge is -2.28. The lowest BCUT2D eigenvalue weighted by molar-refractivity contribution is -0.139. The molecule has 0 saturated carbocycles. The fourth-order valence-corrected chi connectivity index (χ4v) is 3.98. The number of hydrogen-bond acceptors (Lipinski definition) is 4. The van der Waals surface area contributed by atoms with Crippen LogP contribution in [-0.2, 0) is 11.0 Å². The van der Waals surface area contributed by atoms with E-state index in [9.17, 15) is 27.2 Å². The quantitative estimate of drug-likeness (QED) is 0.379. The topological polar surface area (TPSA) is 102 Å². The summed E-state index contributed by atoms with van der Waals surface area (Å²) in [6.45, 7) is 3.84. The predicted molar refractivity (Wildman–Crippen MR) is 118 cm³/mol. The first-order valence-electron chi connectivity index (χ1n) is 10.2. The van der Waals surface area contributed by atoms with Crippen LogP contribution in [0.25, 0.3) is 11.3 Å². The molecule has 7 nitrogen and oxygen atoms in total. The van der Waals surface area contributed by atoms with Gasteiger partial charge in [0.1, 0.15) is 22.9 Å². The minimum atomic E-state index is -4.94. The molecule has 1 aliphatic rings. The predicted octanol–water partition coefficient (Wildman–Crippen LogP) is 4.34. The molecule has 1 atom stereocenters. The molecular weight excluding hydrogens is 454 g/mol. The van der Waals surface area contributed by atoms with Crippen molar-refractivity contribution in [1.82, 2.24) is 9.78 Å². The summed E-state index contributed by atoms with van der Waals surface area (Å²) in [6.07, 6.45) is -3.32. The number of rotatable bonds is 5. The zero-order valence-corrected chi connectivity index (χ0v) is 17.6. The molecule has 0 aliphatic carbocycles. The summed E-state index contributed by atoms with van der Waals surface area (Å²) in [4.78, 5) is 24.2. The molecule has 4 rings (SSSR count). The van der Waals surface area contributed by atoms with Crippen LogP contribution in [0.1, 0.15) is 33.9 Å². The van der Waals surface area contributed by atoms with E-state index in [1.807, 2.05) is 0 Å². The number of nitrogens with two attached hydrogens (primary N) is 1. The number of amides is 2. The number of nitrogens with one attached hydrogen (secondary N) is 2. The molecule has 0 fully saturated rings. The van der Waals surface area contributed by atoms with Gasteiger partial charge in [-0.1, -0.05) is 24.8 Å². The SMILES string of the molecule is C=CC(=O)Nc1ccccc1C1CCNc2c(C(N)=O)c(-c3ccc(F)c(C(F)(F)F)c3)nn21. The summed E-state index contributed by atoms with van der Waals surface area (Å²) in [6, 6.07) is 8.85. The molecule has 2 heterocycles. The molecule has 0 bridgehead atoms. The third-order valence-corrected chi connectivity index (χ3v) is 5.47. The number of fused-ring (bicyclic) bond motifs is 1. The highest BCUT2D eigenvalue weighted by Gasteiger charge is 2.36. The minimum absolute atomic E-state index is 0.111. The Morgan fingerprint density at radius 3 is 2.65 bits per heavy atom. The molecule has 1 aliphatic heterocycles. The number of carbonyl (C=O) groups excluding carboxylic acids is 2. The molecule has 3 aromatic rings. The Morgan fingerprint density at radius 2 is 1.97 bits per heavy atom. The highest BCUT2D eigenvalue weighted by molar-refractivity contribution is 6.04. The van der Waals surface area contributed by atoms with Crippen molar-refractivity contribution in [3.63, 3.8) is 0 Å². The summed E-state index contributed by atoms with van der Waals surface area (Å²) < 4.78 is 55.1. The first-order chi connectivity index (χ1) is 16.1. The van der Waals surface area contributed by atoms with Crippen LogP contribution in [0, 0.1) is 5.82 Å². The van der Waals surface area contributed by atoms with E-state index in [1.54, 1.807) is 24.3 Å². The summed E-state index contributed by atoms with van der Waals surface area (Å²) in [5.74, 6) is -2.55. The smallest absolute Gasteiger partial charge is 0.369 e. The Balaban J connectivity index is 1.88. The first-order valence-corrected chi connectivity index (χ1v) is 10.2. The van der Waals surface area contributed by atoms with E-state index < -0.39 is 35.4 Å². The Bertz CT molecular complexity index is 1300. The number of hydrogen-bond donors (Lipinski definition) is 3. The Kier molecular flexibility index (Phi) is 5.86. The average Bonchev–Trinajstić information content (AvgIpc) is 3.19. The van der Waals surface area contributed by atoms with Crippen LogP contribution in [0.2, 0.25) is 0 Å². The van der Waals surface area contributed by atoms with Crippen molar-refractivity contribution >= 4 is 23.3 Å². The van der Waals surface area contributed by atoms with Crippen molar-refractivity contribution in [2.75, 3.05) is 17.2 Å². The van der Waals surface area contributed by atoms with Gasteiger partial charge in [-0.3, -0.25) is 9.59 Å².